The monoisotopic (exact) mass is 172 g/mol. The highest BCUT2D eigenvalue weighted by Crippen LogP contribution is 2.10. The van der Waals surface area contributed by atoms with Gasteiger partial charge >= 0.3 is 16.5 Å². The first-order valence-electron chi connectivity index (χ1n) is 3.90. The average Bonchev–Trinajstić information content (AvgIpc) is 2.21. The van der Waals surface area contributed by atoms with Gasteiger partial charge in [0.05, 0.1) is 0 Å². The number of hydrogen-bond donors (Lipinski definition) is 1. The van der Waals surface area contributed by atoms with Gasteiger partial charge in [-0.2, -0.15) is 0 Å². The summed E-state index contributed by atoms with van der Waals surface area (Å²) < 4.78 is 4.64. The van der Waals surface area contributed by atoms with Crippen molar-refractivity contribution in [2.45, 2.75) is 0 Å². The first-order chi connectivity index (χ1) is 5.97. The molecular formula is C10H11AlN. The molecule has 2 aromatic rings. The maximum absolute atomic E-state index is 4.64. The lowest BCUT2D eigenvalue weighted by Crippen LogP contribution is -1.75. The number of nitrogens with two attached hydrogens (primary N) is 1. The lowest BCUT2D eigenvalue weighted by molar-refractivity contribution is 1.74. The van der Waals surface area contributed by atoms with Gasteiger partial charge in [-0.25, -0.2) is 0 Å². The number of hydrogen-bond acceptors (Lipinski definition) is 1. The maximum Gasteiger partial charge on any atom is 0.316 e. The Morgan fingerprint density at radius 1 is 1.00 bits per heavy atom. The molecule has 0 aliphatic carbocycles. The number of rotatable bonds is 0. The molecule has 0 saturated carbocycles. The van der Waals surface area contributed by atoms with Crippen LogP contribution in [0.4, 0.5) is 0 Å². The van der Waals surface area contributed by atoms with Crippen LogP contribution in [-0.2, 0) is 0 Å². The summed E-state index contributed by atoms with van der Waals surface area (Å²) in [5.74, 6) is 0. The minimum atomic E-state index is 0.806. The molecule has 0 spiro atoms. The van der Waals surface area contributed by atoms with Crippen LogP contribution in [0.2, 0.25) is 0 Å². The van der Waals surface area contributed by atoms with Crippen LogP contribution in [0.5, 0.6) is 0 Å². The normalized spacial score (nSPS) is 8.75. The second-order valence-corrected chi connectivity index (χ2v) is 2.26. The molecule has 12 heavy (non-hydrogen) atoms. The third-order valence-corrected chi connectivity index (χ3v) is 1.57. The highest BCUT2D eigenvalue weighted by Gasteiger charge is 1.85. The summed E-state index contributed by atoms with van der Waals surface area (Å²) >= 11 is 0.806. The number of fused-ring (bicyclic) bond motifs is 1. The molecule has 0 fully saturated rings. The molecule has 2 N–H and O–H groups in total. The Morgan fingerprint density at radius 2 is 1.67 bits per heavy atom. The molecule has 2 heteroatoms. The first kappa shape index (κ1) is 9.28. The van der Waals surface area contributed by atoms with Crippen molar-refractivity contribution >= 4 is 27.3 Å². The third kappa shape index (κ3) is 2.09. The Morgan fingerprint density at radius 3 is 2.42 bits per heavy atom. The van der Waals surface area contributed by atoms with Gasteiger partial charge in [0.1, 0.15) is 0 Å². The van der Waals surface area contributed by atoms with Gasteiger partial charge in [0.15, 0.2) is 0 Å². The van der Waals surface area contributed by atoms with E-state index >= 15 is 0 Å². The highest BCUT2D eigenvalue weighted by molar-refractivity contribution is 6.02. The van der Waals surface area contributed by atoms with Crippen LogP contribution in [0.1, 0.15) is 0 Å². The summed E-state index contributed by atoms with van der Waals surface area (Å²) in [7, 11) is 0. The van der Waals surface area contributed by atoms with E-state index < -0.39 is 0 Å². The molecule has 1 nitrogen and oxygen atoms in total. The topological polar surface area (TPSA) is 26.0 Å². The van der Waals surface area contributed by atoms with Gasteiger partial charge in [-0.3, -0.25) is 0 Å². The van der Waals surface area contributed by atoms with Crippen molar-refractivity contribution in [3.05, 3.63) is 48.5 Å². The summed E-state index contributed by atoms with van der Waals surface area (Å²) in [5.41, 5.74) is 0. The van der Waals surface area contributed by atoms with E-state index in [0.29, 0.717) is 0 Å². The van der Waals surface area contributed by atoms with Crippen LogP contribution in [-0.4, -0.2) is 16.5 Å². The molecule has 59 valence electrons. The minimum Gasteiger partial charge on any atom is -0.418 e. The first-order valence-corrected chi connectivity index (χ1v) is 5.05. The maximum atomic E-state index is 4.64. The molecule has 0 saturated heterocycles. The molecule has 0 aliphatic rings. The molecule has 1 radical (unpaired) electrons. The van der Waals surface area contributed by atoms with Crippen molar-refractivity contribution in [2.24, 2.45) is 4.72 Å². The van der Waals surface area contributed by atoms with E-state index in [-0.39, 0.29) is 0 Å². The predicted octanol–water partition coefficient (Wildman–Crippen LogP) is 1.13. The van der Waals surface area contributed by atoms with Crippen LogP contribution in [0.3, 0.4) is 0 Å². The van der Waals surface area contributed by atoms with Crippen LogP contribution >= 0.6 is 0 Å². The molecule has 0 bridgehead atoms. The molecule has 0 unspecified atom stereocenters. The van der Waals surface area contributed by atoms with Gasteiger partial charge in [0.2, 0.25) is 0 Å². The van der Waals surface area contributed by atoms with E-state index in [4.69, 9.17) is 0 Å². The Hall–Kier alpha value is -0.808. The van der Waals surface area contributed by atoms with Crippen molar-refractivity contribution in [1.82, 2.24) is 0 Å². The van der Waals surface area contributed by atoms with E-state index in [9.17, 15) is 0 Å². The van der Waals surface area contributed by atoms with Gasteiger partial charge < -0.3 is 4.72 Å². The Bertz CT molecular complexity index is 281. The molecule has 2 rings (SSSR count). The molecule has 0 heterocycles. The molecule has 0 aromatic heterocycles. The number of benzene rings is 2. The zero-order valence-corrected chi connectivity index (χ0v) is 9.12. The van der Waals surface area contributed by atoms with Crippen LogP contribution in [0.15, 0.2) is 42.5 Å². The fourth-order valence-electron chi connectivity index (χ4n) is 1.06. The van der Waals surface area contributed by atoms with E-state index in [1.165, 1.54) is 10.8 Å². The van der Waals surface area contributed by atoms with E-state index in [1.807, 2.05) is 24.3 Å². The summed E-state index contributed by atoms with van der Waals surface area (Å²) in [6.45, 7) is 0. The van der Waals surface area contributed by atoms with Crippen molar-refractivity contribution < 1.29 is 0 Å². The van der Waals surface area contributed by atoms with Crippen LogP contribution < -0.4 is 4.72 Å². The molecular weight excluding hydrogens is 161 g/mol. The Labute approximate surface area is 80.8 Å². The van der Waals surface area contributed by atoms with Gasteiger partial charge in [-0.1, -0.05) is 42.5 Å². The standard InChI is InChI=1S/C10H7.Al.H2N.2H/c1-2-6-10-8-4-3-7-9(10)5-1;;;;/h1-7H;;1H2;;/q;+1;-1;;. The predicted molar refractivity (Wildman–Crippen MR) is 55.5 cm³/mol. The van der Waals surface area contributed by atoms with Gasteiger partial charge in [0.25, 0.3) is 0 Å². The fraction of sp³-hybridized carbons (Fsp3) is 0. The average molecular weight is 172 g/mol. The summed E-state index contributed by atoms with van der Waals surface area (Å²) in [4.78, 5) is 0. The summed E-state index contributed by atoms with van der Waals surface area (Å²) in [6.07, 6.45) is 0. The molecule has 0 aliphatic heterocycles. The van der Waals surface area contributed by atoms with E-state index in [2.05, 4.69) is 29.0 Å². The van der Waals surface area contributed by atoms with Gasteiger partial charge in [-0.15, -0.1) is 0 Å². The highest BCUT2D eigenvalue weighted by atomic mass is 27.1. The summed E-state index contributed by atoms with van der Waals surface area (Å²) in [6, 6.07) is 17.4. The smallest absolute Gasteiger partial charge is 0.316 e. The fourth-order valence-corrected chi connectivity index (χ4v) is 1.06. The molecule has 0 amide bonds. The van der Waals surface area contributed by atoms with Gasteiger partial charge in [0, 0.05) is 0 Å². The largest absolute Gasteiger partial charge is 0.418 e. The SMILES string of the molecule is [NH2][AlH2].[c]1cccc2ccccc12. The lowest BCUT2D eigenvalue weighted by atomic mass is 10.1. The second kappa shape index (κ2) is 4.95. The summed E-state index contributed by atoms with van der Waals surface area (Å²) in [5, 5.41) is 2.44. The zero-order valence-electron chi connectivity index (χ0n) is 7.12. The van der Waals surface area contributed by atoms with Crippen molar-refractivity contribution in [2.75, 3.05) is 0 Å². The van der Waals surface area contributed by atoms with Gasteiger partial charge in [-0.05, 0) is 16.8 Å². The van der Waals surface area contributed by atoms with Crippen molar-refractivity contribution in [1.29, 1.82) is 0 Å². The Balaban J connectivity index is 0.000000336. The quantitative estimate of drug-likeness (QED) is 0.592. The van der Waals surface area contributed by atoms with Crippen LogP contribution in [0, 0.1) is 6.07 Å². The minimum absolute atomic E-state index is 0.806. The second-order valence-electron chi connectivity index (χ2n) is 2.26. The Kier molecular flexibility index (Phi) is 3.83. The zero-order chi connectivity index (χ0) is 8.81. The van der Waals surface area contributed by atoms with E-state index in [1.54, 1.807) is 0 Å². The molecule has 0 atom stereocenters. The lowest BCUT2D eigenvalue weighted by Gasteiger charge is -1.91. The van der Waals surface area contributed by atoms with Crippen molar-refractivity contribution in [3.8, 4) is 0 Å². The molecule has 2 aromatic carbocycles. The van der Waals surface area contributed by atoms with Crippen molar-refractivity contribution in [3.63, 3.8) is 0 Å². The third-order valence-electron chi connectivity index (χ3n) is 1.57. The van der Waals surface area contributed by atoms with E-state index in [0.717, 1.165) is 16.5 Å². The van der Waals surface area contributed by atoms with Crippen LogP contribution in [0.25, 0.3) is 10.8 Å².